The summed E-state index contributed by atoms with van der Waals surface area (Å²) in [4.78, 5) is 17.0. The minimum atomic E-state index is -0.230. The van der Waals surface area contributed by atoms with Gasteiger partial charge in [-0.05, 0) is 31.9 Å². The van der Waals surface area contributed by atoms with E-state index < -0.39 is 0 Å². The molecule has 0 bridgehead atoms. The van der Waals surface area contributed by atoms with Crippen LogP contribution in [0.2, 0.25) is 0 Å². The van der Waals surface area contributed by atoms with Crippen molar-refractivity contribution in [1.29, 1.82) is 0 Å². The number of β-amino-alcohol motifs (C(OH)–C–C–N with tert-alkyl or cyclic N) is 1. The summed E-state index contributed by atoms with van der Waals surface area (Å²) < 4.78 is 5.37. The number of aliphatic hydroxyl groups excluding tert-OH is 1. The number of carbonyl (C=O) groups excluding carboxylic acids is 1. The number of likely N-dealkylation sites (tertiary alicyclic amines) is 2. The fourth-order valence-electron chi connectivity index (χ4n) is 4.11. The quantitative estimate of drug-likeness (QED) is 0.858. The van der Waals surface area contributed by atoms with Crippen molar-refractivity contribution < 1.29 is 14.6 Å². The molecule has 2 fully saturated rings. The van der Waals surface area contributed by atoms with Crippen LogP contribution in [-0.4, -0.2) is 67.3 Å². The number of hydrogen-bond acceptors (Lipinski definition) is 4. The summed E-state index contributed by atoms with van der Waals surface area (Å²) >= 11 is 0. The highest BCUT2D eigenvalue weighted by Gasteiger charge is 2.47. The van der Waals surface area contributed by atoms with Crippen molar-refractivity contribution in [1.82, 2.24) is 9.80 Å². The second kappa shape index (κ2) is 8.02. The summed E-state index contributed by atoms with van der Waals surface area (Å²) in [5.41, 5.74) is 0.841. The number of carbonyl (C=O) groups is 1. The Hall–Kier alpha value is -1.85. The molecule has 5 heteroatoms. The number of rotatable bonds is 6. The Morgan fingerprint density at radius 1 is 1.28 bits per heavy atom. The highest BCUT2D eigenvalue weighted by Crippen LogP contribution is 2.39. The maximum Gasteiger partial charge on any atom is 0.230 e. The lowest BCUT2D eigenvalue weighted by atomic mass is 9.78. The molecular formula is C20H28N2O3. The molecule has 2 saturated heterocycles. The summed E-state index contributed by atoms with van der Waals surface area (Å²) in [7, 11) is 1.68. The first-order valence-electron chi connectivity index (χ1n) is 9.11. The minimum absolute atomic E-state index is 0.0488. The second-order valence-electron chi connectivity index (χ2n) is 7.03. The van der Waals surface area contributed by atoms with E-state index >= 15 is 0 Å². The third-order valence-electron chi connectivity index (χ3n) is 5.43. The molecule has 2 aliphatic rings. The second-order valence-corrected chi connectivity index (χ2v) is 7.03. The zero-order valence-corrected chi connectivity index (χ0v) is 15.0. The molecule has 1 amide bonds. The van der Waals surface area contributed by atoms with Crippen LogP contribution >= 0.6 is 0 Å². The van der Waals surface area contributed by atoms with Gasteiger partial charge in [-0.1, -0.05) is 30.4 Å². The average molecular weight is 344 g/mol. The third kappa shape index (κ3) is 3.88. The van der Waals surface area contributed by atoms with Gasteiger partial charge < -0.3 is 14.7 Å². The van der Waals surface area contributed by atoms with Gasteiger partial charge in [-0.2, -0.15) is 0 Å². The van der Waals surface area contributed by atoms with Crippen molar-refractivity contribution in [2.45, 2.75) is 19.3 Å². The van der Waals surface area contributed by atoms with Gasteiger partial charge in [-0.25, -0.2) is 0 Å². The topological polar surface area (TPSA) is 53.0 Å². The Bertz CT molecular complexity index is 629. The molecule has 2 aliphatic heterocycles. The van der Waals surface area contributed by atoms with Gasteiger partial charge in [0.25, 0.3) is 0 Å². The molecule has 5 nitrogen and oxygen atoms in total. The van der Waals surface area contributed by atoms with Crippen LogP contribution in [0.4, 0.5) is 0 Å². The largest absolute Gasteiger partial charge is 0.496 e. The Morgan fingerprint density at radius 2 is 2.12 bits per heavy atom. The van der Waals surface area contributed by atoms with Crippen LogP contribution in [0.3, 0.4) is 0 Å². The summed E-state index contributed by atoms with van der Waals surface area (Å²) in [6, 6.07) is 7.97. The van der Waals surface area contributed by atoms with Gasteiger partial charge in [0.2, 0.25) is 5.91 Å². The van der Waals surface area contributed by atoms with Crippen LogP contribution in [-0.2, 0) is 4.79 Å². The molecule has 3 rings (SSSR count). The lowest BCUT2D eigenvalue weighted by Gasteiger charge is -2.39. The van der Waals surface area contributed by atoms with Gasteiger partial charge >= 0.3 is 0 Å². The maximum atomic E-state index is 12.8. The molecule has 1 aromatic carbocycles. The number of piperidine rings is 1. The predicted molar refractivity (Wildman–Crippen MR) is 98.4 cm³/mol. The average Bonchev–Trinajstić information content (AvgIpc) is 3.04. The molecule has 0 aromatic heterocycles. The third-order valence-corrected chi connectivity index (χ3v) is 5.43. The smallest absolute Gasteiger partial charge is 0.230 e. The monoisotopic (exact) mass is 344 g/mol. The molecule has 136 valence electrons. The van der Waals surface area contributed by atoms with Crippen molar-refractivity contribution in [2.75, 3.05) is 46.4 Å². The van der Waals surface area contributed by atoms with Gasteiger partial charge in [0, 0.05) is 31.7 Å². The molecular weight excluding hydrogens is 316 g/mol. The first-order valence-corrected chi connectivity index (χ1v) is 9.11. The number of para-hydroxylation sites is 1. The van der Waals surface area contributed by atoms with E-state index in [4.69, 9.17) is 9.84 Å². The van der Waals surface area contributed by atoms with Crippen molar-refractivity contribution in [2.24, 2.45) is 5.41 Å². The molecule has 0 saturated carbocycles. The SMILES string of the molecule is COc1ccccc1/C=C/CN1CCC2(CCCN(CCO)C2=O)C1. The number of amides is 1. The Morgan fingerprint density at radius 3 is 2.92 bits per heavy atom. The van der Waals surface area contributed by atoms with Gasteiger partial charge in [0.15, 0.2) is 0 Å². The minimum Gasteiger partial charge on any atom is -0.496 e. The van der Waals surface area contributed by atoms with Crippen LogP contribution in [0.15, 0.2) is 30.3 Å². The van der Waals surface area contributed by atoms with Gasteiger partial charge in [0.05, 0.1) is 19.1 Å². The molecule has 1 N–H and O–H groups in total. The van der Waals surface area contributed by atoms with E-state index in [9.17, 15) is 4.79 Å². The molecule has 1 atom stereocenters. The Kier molecular flexibility index (Phi) is 5.76. The molecule has 0 radical (unpaired) electrons. The number of hydrogen-bond donors (Lipinski definition) is 1. The molecule has 1 spiro atoms. The highest BCUT2D eigenvalue weighted by molar-refractivity contribution is 5.84. The molecule has 1 unspecified atom stereocenters. The molecule has 0 aliphatic carbocycles. The van der Waals surface area contributed by atoms with Crippen LogP contribution in [0.1, 0.15) is 24.8 Å². The highest BCUT2D eigenvalue weighted by atomic mass is 16.5. The first-order chi connectivity index (χ1) is 12.2. The fourth-order valence-corrected chi connectivity index (χ4v) is 4.11. The number of aliphatic hydroxyl groups is 1. The van der Waals surface area contributed by atoms with Gasteiger partial charge in [-0.3, -0.25) is 9.69 Å². The van der Waals surface area contributed by atoms with Crippen molar-refractivity contribution >= 4 is 12.0 Å². The number of methoxy groups -OCH3 is 1. The lowest BCUT2D eigenvalue weighted by Crippen LogP contribution is -2.50. The summed E-state index contributed by atoms with van der Waals surface area (Å²) in [6.45, 7) is 3.92. The van der Waals surface area contributed by atoms with Crippen LogP contribution < -0.4 is 4.74 Å². The lowest BCUT2D eigenvalue weighted by molar-refractivity contribution is -0.146. The normalized spacial score (nSPS) is 24.6. The summed E-state index contributed by atoms with van der Waals surface area (Å²) in [5, 5.41) is 9.16. The molecule has 1 aromatic rings. The van der Waals surface area contributed by atoms with E-state index in [1.807, 2.05) is 29.2 Å². The van der Waals surface area contributed by atoms with E-state index in [0.717, 1.165) is 56.8 Å². The standard InChI is InChI=1S/C20H28N2O3/c1-25-18-8-3-2-6-17(18)7-4-11-21-13-10-20(16-21)9-5-12-22(14-15-23)19(20)24/h2-4,6-8,23H,5,9-16H2,1H3/b7-4+. The first kappa shape index (κ1) is 18.0. The van der Waals surface area contributed by atoms with Crippen LogP contribution in [0.5, 0.6) is 5.75 Å². The van der Waals surface area contributed by atoms with Gasteiger partial charge in [-0.15, -0.1) is 0 Å². The van der Waals surface area contributed by atoms with E-state index in [2.05, 4.69) is 17.1 Å². The summed E-state index contributed by atoms with van der Waals surface area (Å²) in [6.07, 6.45) is 7.17. The van der Waals surface area contributed by atoms with Crippen molar-refractivity contribution in [3.05, 3.63) is 35.9 Å². The predicted octanol–water partition coefficient (Wildman–Crippen LogP) is 2.02. The Labute approximate surface area is 149 Å². The van der Waals surface area contributed by atoms with Crippen molar-refractivity contribution in [3.63, 3.8) is 0 Å². The van der Waals surface area contributed by atoms with Crippen molar-refractivity contribution in [3.8, 4) is 5.75 Å². The zero-order valence-electron chi connectivity index (χ0n) is 15.0. The number of benzene rings is 1. The van der Waals surface area contributed by atoms with E-state index in [-0.39, 0.29) is 17.9 Å². The number of nitrogens with zero attached hydrogens (tertiary/aromatic N) is 2. The van der Waals surface area contributed by atoms with E-state index in [1.54, 1.807) is 7.11 Å². The van der Waals surface area contributed by atoms with E-state index in [1.165, 1.54) is 0 Å². The maximum absolute atomic E-state index is 12.8. The van der Waals surface area contributed by atoms with E-state index in [0.29, 0.717) is 6.54 Å². The van der Waals surface area contributed by atoms with Crippen LogP contribution in [0.25, 0.3) is 6.08 Å². The molecule has 2 heterocycles. The zero-order chi connectivity index (χ0) is 17.7. The van der Waals surface area contributed by atoms with Crippen LogP contribution in [0, 0.1) is 5.41 Å². The van der Waals surface area contributed by atoms with Gasteiger partial charge in [0.1, 0.15) is 5.75 Å². The fraction of sp³-hybridized carbons (Fsp3) is 0.550. The summed E-state index contributed by atoms with van der Waals surface area (Å²) in [5.74, 6) is 1.11. The Balaban J connectivity index is 1.59. The number of ether oxygens (including phenoxy) is 1. The molecule has 25 heavy (non-hydrogen) atoms.